The molecule has 208 valence electrons. The van der Waals surface area contributed by atoms with E-state index in [4.69, 9.17) is 32.7 Å². The maximum absolute atomic E-state index is 13.7. The van der Waals surface area contributed by atoms with E-state index in [0.29, 0.717) is 50.4 Å². The average Bonchev–Trinajstić information content (AvgIpc) is 3.57. The number of anilines is 1. The number of ether oxygens (including phenoxy) is 2. The predicted molar refractivity (Wildman–Crippen MR) is 156 cm³/mol. The van der Waals surface area contributed by atoms with E-state index in [0.717, 1.165) is 24.0 Å². The molecular formula is C29H26BrCl2N3O5. The zero-order valence-electron chi connectivity index (χ0n) is 21.5. The first-order valence-corrected chi connectivity index (χ1v) is 14.7. The van der Waals surface area contributed by atoms with Crippen LogP contribution in [0.25, 0.3) is 0 Å². The Kier molecular flexibility index (Phi) is 7.19. The number of halogens is 3. The number of fused-ring (bicyclic) bond motifs is 4. The van der Waals surface area contributed by atoms with Crippen molar-refractivity contribution in [2.45, 2.75) is 49.9 Å². The van der Waals surface area contributed by atoms with Crippen LogP contribution < -0.4 is 14.8 Å². The normalized spacial score (nSPS) is 25.1. The molecule has 0 bridgehead atoms. The number of carbonyl (C=O) groups is 1. The van der Waals surface area contributed by atoms with E-state index in [1.165, 1.54) is 0 Å². The van der Waals surface area contributed by atoms with Gasteiger partial charge in [0.05, 0.1) is 17.0 Å². The summed E-state index contributed by atoms with van der Waals surface area (Å²) < 4.78 is 12.7. The van der Waals surface area contributed by atoms with Crippen LogP contribution in [0.15, 0.2) is 59.1 Å². The lowest BCUT2D eigenvalue weighted by molar-refractivity contribution is -0.534. The summed E-state index contributed by atoms with van der Waals surface area (Å²) in [6.45, 7) is 3.01. The van der Waals surface area contributed by atoms with Gasteiger partial charge in [-0.05, 0) is 71.6 Å². The van der Waals surface area contributed by atoms with Gasteiger partial charge in [-0.2, -0.15) is 0 Å². The molecule has 2 fully saturated rings. The molecule has 3 aliphatic heterocycles. The maximum Gasteiger partial charge on any atom is 0.256 e. The lowest BCUT2D eigenvalue weighted by atomic mass is 9.77. The molecule has 2 saturated heterocycles. The second kappa shape index (κ2) is 10.5. The van der Waals surface area contributed by atoms with Crippen molar-refractivity contribution in [3.05, 3.63) is 95.9 Å². The summed E-state index contributed by atoms with van der Waals surface area (Å²) in [5.41, 5.74) is 1.39. The van der Waals surface area contributed by atoms with Gasteiger partial charge in [-0.25, -0.2) is 0 Å². The third-order valence-corrected chi connectivity index (χ3v) is 9.37. The summed E-state index contributed by atoms with van der Waals surface area (Å²) in [5, 5.41) is 16.9. The van der Waals surface area contributed by atoms with Gasteiger partial charge in [0.15, 0.2) is 17.0 Å². The molecule has 3 aromatic carbocycles. The molecule has 6 rings (SSSR count). The molecule has 4 atom stereocenters. The largest absolute Gasteiger partial charge is 0.490 e. The Morgan fingerprint density at radius 1 is 1.18 bits per heavy atom. The number of carbonyl (C=O) groups excluding carboxylic acids is 1. The molecule has 1 N–H and O–H groups in total. The molecule has 11 heteroatoms. The smallest absolute Gasteiger partial charge is 0.256 e. The highest BCUT2D eigenvalue weighted by Crippen LogP contribution is 2.58. The number of rotatable bonds is 7. The first-order chi connectivity index (χ1) is 19.3. The second-order valence-electron chi connectivity index (χ2n) is 10.2. The number of hydrogen-bond donors (Lipinski definition) is 1. The van der Waals surface area contributed by atoms with Gasteiger partial charge in [-0.1, -0.05) is 47.5 Å². The van der Waals surface area contributed by atoms with Crippen LogP contribution in [0.3, 0.4) is 0 Å². The average molecular weight is 647 g/mol. The van der Waals surface area contributed by atoms with E-state index in [2.05, 4.69) is 26.1 Å². The van der Waals surface area contributed by atoms with Gasteiger partial charge in [0.1, 0.15) is 6.61 Å². The number of para-hydroxylation sites is 1. The molecule has 0 radical (unpaired) electrons. The highest BCUT2D eigenvalue weighted by Gasteiger charge is 2.73. The van der Waals surface area contributed by atoms with Gasteiger partial charge in [0.2, 0.25) is 0 Å². The molecule has 1 amide bonds. The fourth-order valence-corrected chi connectivity index (χ4v) is 7.78. The van der Waals surface area contributed by atoms with Crippen molar-refractivity contribution in [2.75, 3.05) is 18.5 Å². The Morgan fingerprint density at radius 3 is 2.73 bits per heavy atom. The third-order valence-electron chi connectivity index (χ3n) is 8.20. The van der Waals surface area contributed by atoms with Crippen LogP contribution in [-0.4, -0.2) is 41.0 Å². The standard InChI is InChI=1S/C29H26BrCl2N3O5/c1-2-39-24-13-17(12-20(30)26(24)40-15-16-9-10-18(31)14-21(16)32)25-23-8-5-11-34(23)29(27(25)35(37)38)19-6-3-4-7-22(19)33-28(29)36/h3-4,6-7,9-10,12-14,23,25,27H,2,5,8,11,15H2,1H3,(H,33,36)/t23-,25+,27+,29+/m0/s1. The summed E-state index contributed by atoms with van der Waals surface area (Å²) in [4.78, 5) is 28.4. The van der Waals surface area contributed by atoms with E-state index in [1.54, 1.807) is 24.3 Å². The van der Waals surface area contributed by atoms with Crippen LogP contribution in [0, 0.1) is 10.1 Å². The lowest BCUT2D eigenvalue weighted by Crippen LogP contribution is -2.55. The van der Waals surface area contributed by atoms with Crippen LogP contribution in [0.1, 0.15) is 42.4 Å². The monoisotopic (exact) mass is 645 g/mol. The zero-order chi connectivity index (χ0) is 28.2. The van der Waals surface area contributed by atoms with Crippen LogP contribution in [0.2, 0.25) is 10.0 Å². The molecule has 0 unspecified atom stereocenters. The minimum Gasteiger partial charge on any atom is -0.490 e. The fourth-order valence-electron chi connectivity index (χ4n) is 6.75. The van der Waals surface area contributed by atoms with E-state index in [9.17, 15) is 14.9 Å². The van der Waals surface area contributed by atoms with Crippen molar-refractivity contribution in [3.8, 4) is 11.5 Å². The number of benzene rings is 3. The van der Waals surface area contributed by atoms with E-state index in [-0.39, 0.29) is 23.5 Å². The Labute approximate surface area is 249 Å². The second-order valence-corrected chi connectivity index (χ2v) is 11.9. The molecule has 3 aliphatic rings. The summed E-state index contributed by atoms with van der Waals surface area (Å²) in [6.07, 6.45) is 1.60. The van der Waals surface area contributed by atoms with Crippen molar-refractivity contribution in [1.82, 2.24) is 4.90 Å². The SMILES string of the molecule is CCOc1cc([C@@H]2[C@@H]3CCCN3[C@@]3(C(=O)Nc4ccccc43)[C@@H]2[N+](=O)[O-])cc(Br)c1OCc1ccc(Cl)cc1Cl. The molecular weight excluding hydrogens is 621 g/mol. The van der Waals surface area contributed by atoms with Gasteiger partial charge in [-0.3, -0.25) is 19.8 Å². The number of nitrogens with zero attached hydrogens (tertiary/aromatic N) is 2. The van der Waals surface area contributed by atoms with E-state index >= 15 is 0 Å². The third kappa shape index (κ3) is 4.17. The first kappa shape index (κ1) is 27.3. The number of hydrogen-bond acceptors (Lipinski definition) is 6. The first-order valence-electron chi connectivity index (χ1n) is 13.1. The minimum absolute atomic E-state index is 0.172. The Balaban J connectivity index is 1.43. The minimum atomic E-state index is -1.38. The van der Waals surface area contributed by atoms with Crippen LogP contribution >= 0.6 is 39.1 Å². The topological polar surface area (TPSA) is 93.9 Å². The number of nitro groups is 1. The molecule has 3 heterocycles. The number of nitrogens with one attached hydrogen (secondary N) is 1. The fraction of sp³-hybridized carbons (Fsp3) is 0.345. The van der Waals surface area contributed by atoms with Crippen molar-refractivity contribution < 1.29 is 19.2 Å². The lowest BCUT2D eigenvalue weighted by Gasteiger charge is -2.32. The van der Waals surface area contributed by atoms with Crippen molar-refractivity contribution in [3.63, 3.8) is 0 Å². The van der Waals surface area contributed by atoms with Crippen LogP contribution in [-0.2, 0) is 16.9 Å². The molecule has 0 aromatic heterocycles. The van der Waals surface area contributed by atoms with Crippen LogP contribution in [0.5, 0.6) is 11.5 Å². The van der Waals surface area contributed by atoms with Crippen molar-refractivity contribution >= 4 is 50.7 Å². The van der Waals surface area contributed by atoms with Crippen LogP contribution in [0.4, 0.5) is 5.69 Å². The summed E-state index contributed by atoms with van der Waals surface area (Å²) >= 11 is 16.0. The van der Waals surface area contributed by atoms with Crippen molar-refractivity contribution in [1.29, 1.82) is 0 Å². The van der Waals surface area contributed by atoms with Gasteiger partial charge >= 0.3 is 0 Å². The molecule has 8 nitrogen and oxygen atoms in total. The van der Waals surface area contributed by atoms with E-state index < -0.39 is 17.5 Å². The van der Waals surface area contributed by atoms with Crippen molar-refractivity contribution in [2.24, 2.45) is 0 Å². The Hall–Kier alpha value is -2.85. The highest BCUT2D eigenvalue weighted by molar-refractivity contribution is 9.10. The Morgan fingerprint density at radius 2 is 1.98 bits per heavy atom. The molecule has 0 aliphatic carbocycles. The molecule has 3 aromatic rings. The van der Waals surface area contributed by atoms with E-state index in [1.807, 2.05) is 37.3 Å². The van der Waals surface area contributed by atoms with Gasteiger partial charge < -0.3 is 14.8 Å². The molecule has 1 spiro atoms. The molecule has 40 heavy (non-hydrogen) atoms. The Bertz CT molecular complexity index is 1520. The summed E-state index contributed by atoms with van der Waals surface area (Å²) in [7, 11) is 0. The van der Waals surface area contributed by atoms with Gasteiger partial charge in [-0.15, -0.1) is 0 Å². The van der Waals surface area contributed by atoms with Gasteiger partial charge in [0, 0.05) is 44.4 Å². The molecule has 0 saturated carbocycles. The maximum atomic E-state index is 13.7. The highest BCUT2D eigenvalue weighted by atomic mass is 79.9. The summed E-state index contributed by atoms with van der Waals surface area (Å²) in [5.74, 6) is 0.0356. The van der Waals surface area contributed by atoms with Gasteiger partial charge in [0.25, 0.3) is 11.9 Å². The quantitative estimate of drug-likeness (QED) is 0.224. The number of amides is 1. The predicted octanol–water partition coefficient (Wildman–Crippen LogP) is 6.79. The zero-order valence-corrected chi connectivity index (χ0v) is 24.6. The summed E-state index contributed by atoms with van der Waals surface area (Å²) in [6, 6.07) is 14.8.